The quantitative estimate of drug-likeness (QED) is 0.761. The van der Waals surface area contributed by atoms with Crippen molar-refractivity contribution in [1.82, 2.24) is 4.57 Å². The van der Waals surface area contributed by atoms with E-state index in [0.717, 1.165) is 10.0 Å². The minimum atomic E-state index is -1.03. The van der Waals surface area contributed by atoms with E-state index in [-0.39, 0.29) is 11.1 Å². The number of halogens is 1. The van der Waals surface area contributed by atoms with Gasteiger partial charge in [0.05, 0.1) is 12.1 Å². The lowest BCUT2D eigenvalue weighted by atomic mass is 10.0. The summed E-state index contributed by atoms with van der Waals surface area (Å²) in [6.45, 7) is 2.02. The molecule has 0 saturated carbocycles. The van der Waals surface area contributed by atoms with Crippen molar-refractivity contribution in [2.75, 3.05) is 0 Å². The Labute approximate surface area is 141 Å². The van der Waals surface area contributed by atoms with E-state index in [4.69, 9.17) is 0 Å². The second kappa shape index (κ2) is 6.01. The number of pyridine rings is 1. The second-order valence-electron chi connectivity index (χ2n) is 5.33. The molecule has 1 N–H and O–H groups in total. The van der Waals surface area contributed by atoms with Gasteiger partial charge in [0.15, 0.2) is 0 Å². The Kier molecular flexibility index (Phi) is 4.05. The van der Waals surface area contributed by atoms with Gasteiger partial charge in [-0.2, -0.15) is 0 Å². The lowest BCUT2D eigenvalue weighted by Gasteiger charge is -2.15. The van der Waals surface area contributed by atoms with Crippen LogP contribution in [0.15, 0.2) is 57.8 Å². The first kappa shape index (κ1) is 15.5. The molecule has 0 spiro atoms. The highest BCUT2D eigenvalue weighted by atomic mass is 79.9. The molecule has 0 saturated heterocycles. The lowest BCUT2D eigenvalue weighted by Crippen LogP contribution is -2.26. The molecule has 1 aromatic heterocycles. The maximum absolute atomic E-state index is 12.8. The molecule has 2 aromatic carbocycles. The Balaban J connectivity index is 2.33. The van der Waals surface area contributed by atoms with Gasteiger partial charge in [-0.3, -0.25) is 4.79 Å². The van der Waals surface area contributed by atoms with Crippen LogP contribution < -0.4 is 5.56 Å². The molecule has 0 atom stereocenters. The first-order valence-corrected chi connectivity index (χ1v) is 7.88. The number of hydrogen-bond acceptors (Lipinski definition) is 2. The van der Waals surface area contributed by atoms with Crippen LogP contribution in [-0.2, 0) is 6.54 Å². The van der Waals surface area contributed by atoms with E-state index in [9.17, 15) is 14.7 Å². The van der Waals surface area contributed by atoms with Gasteiger partial charge < -0.3 is 9.67 Å². The SMILES string of the molecule is Cc1c(C(=O)O)c2cc(Br)ccc2c(=O)n1Cc1ccccc1. The van der Waals surface area contributed by atoms with Crippen LogP contribution in [0.5, 0.6) is 0 Å². The molecule has 0 fully saturated rings. The predicted molar refractivity (Wildman–Crippen MR) is 93.1 cm³/mol. The van der Waals surface area contributed by atoms with Crippen LogP contribution in [0.1, 0.15) is 21.6 Å². The van der Waals surface area contributed by atoms with Crippen molar-refractivity contribution in [3.05, 3.63) is 80.2 Å². The zero-order chi connectivity index (χ0) is 16.6. The number of carbonyl (C=O) groups is 1. The number of aromatic nitrogens is 1. The van der Waals surface area contributed by atoms with E-state index in [0.29, 0.717) is 23.0 Å². The number of carboxylic acid groups (broad SMARTS) is 1. The molecule has 0 aliphatic heterocycles. The number of fused-ring (bicyclic) bond motifs is 1. The lowest BCUT2D eigenvalue weighted by molar-refractivity contribution is 0.0697. The Hall–Kier alpha value is -2.40. The van der Waals surface area contributed by atoms with Crippen molar-refractivity contribution >= 4 is 32.7 Å². The molecule has 1 heterocycles. The highest BCUT2D eigenvalue weighted by Crippen LogP contribution is 2.24. The first-order chi connectivity index (χ1) is 11.0. The van der Waals surface area contributed by atoms with E-state index >= 15 is 0 Å². The predicted octanol–water partition coefficient (Wildman–Crippen LogP) is 3.82. The van der Waals surface area contributed by atoms with Gasteiger partial charge in [-0.1, -0.05) is 46.3 Å². The summed E-state index contributed by atoms with van der Waals surface area (Å²) < 4.78 is 2.27. The first-order valence-electron chi connectivity index (χ1n) is 7.09. The standard InChI is InChI=1S/C18H14BrNO3/c1-11-16(18(22)23)15-9-13(19)7-8-14(15)17(21)20(11)10-12-5-3-2-4-6-12/h2-9H,10H2,1H3,(H,22,23). The van der Waals surface area contributed by atoms with Gasteiger partial charge in [0.2, 0.25) is 0 Å². The van der Waals surface area contributed by atoms with Gasteiger partial charge in [0.1, 0.15) is 0 Å². The third-order valence-electron chi connectivity index (χ3n) is 3.89. The van der Waals surface area contributed by atoms with Gasteiger partial charge in [-0.05, 0) is 30.7 Å². The summed E-state index contributed by atoms with van der Waals surface area (Å²) in [4.78, 5) is 24.5. The molecule has 0 bridgehead atoms. The van der Waals surface area contributed by atoms with Gasteiger partial charge in [0, 0.05) is 20.9 Å². The summed E-state index contributed by atoms with van der Waals surface area (Å²) in [5, 5.41) is 10.5. The van der Waals surface area contributed by atoms with E-state index < -0.39 is 5.97 Å². The summed E-state index contributed by atoms with van der Waals surface area (Å²) >= 11 is 3.34. The molecule has 3 rings (SSSR count). The van der Waals surface area contributed by atoms with E-state index in [2.05, 4.69) is 15.9 Å². The smallest absolute Gasteiger partial charge is 0.338 e. The third-order valence-corrected chi connectivity index (χ3v) is 4.38. The van der Waals surface area contributed by atoms with Crippen molar-refractivity contribution < 1.29 is 9.90 Å². The van der Waals surface area contributed by atoms with E-state index in [1.54, 1.807) is 25.1 Å². The van der Waals surface area contributed by atoms with Crippen LogP contribution in [0.25, 0.3) is 10.8 Å². The van der Waals surface area contributed by atoms with E-state index in [1.165, 1.54) is 4.57 Å². The van der Waals surface area contributed by atoms with Crippen LogP contribution in [0.2, 0.25) is 0 Å². The molecular weight excluding hydrogens is 358 g/mol. The van der Waals surface area contributed by atoms with Crippen molar-refractivity contribution in [2.24, 2.45) is 0 Å². The zero-order valence-electron chi connectivity index (χ0n) is 12.4. The van der Waals surface area contributed by atoms with Gasteiger partial charge >= 0.3 is 5.97 Å². The van der Waals surface area contributed by atoms with Crippen molar-refractivity contribution in [2.45, 2.75) is 13.5 Å². The molecule has 0 amide bonds. The minimum absolute atomic E-state index is 0.164. The average Bonchev–Trinajstić information content (AvgIpc) is 2.52. The van der Waals surface area contributed by atoms with Crippen LogP contribution >= 0.6 is 15.9 Å². The highest BCUT2D eigenvalue weighted by Gasteiger charge is 2.19. The molecule has 4 nitrogen and oxygen atoms in total. The summed E-state index contributed by atoms with van der Waals surface area (Å²) in [6.07, 6.45) is 0. The van der Waals surface area contributed by atoms with Crippen LogP contribution in [0.3, 0.4) is 0 Å². The number of hydrogen-bond donors (Lipinski definition) is 1. The van der Waals surface area contributed by atoms with Gasteiger partial charge in [-0.15, -0.1) is 0 Å². The maximum Gasteiger partial charge on any atom is 0.338 e. The summed E-state index contributed by atoms with van der Waals surface area (Å²) in [6, 6.07) is 14.6. The monoisotopic (exact) mass is 371 g/mol. The molecule has 116 valence electrons. The molecule has 23 heavy (non-hydrogen) atoms. The van der Waals surface area contributed by atoms with Crippen LogP contribution in [-0.4, -0.2) is 15.6 Å². The number of carboxylic acids is 1. The summed E-state index contributed by atoms with van der Waals surface area (Å²) in [5.74, 6) is -1.03. The van der Waals surface area contributed by atoms with Crippen molar-refractivity contribution in [3.8, 4) is 0 Å². The minimum Gasteiger partial charge on any atom is -0.478 e. The Morgan fingerprint density at radius 2 is 1.83 bits per heavy atom. The van der Waals surface area contributed by atoms with Crippen molar-refractivity contribution in [3.63, 3.8) is 0 Å². The second-order valence-corrected chi connectivity index (χ2v) is 6.25. The fraction of sp³-hybridized carbons (Fsp3) is 0.111. The topological polar surface area (TPSA) is 59.3 Å². The largest absolute Gasteiger partial charge is 0.478 e. The highest BCUT2D eigenvalue weighted by molar-refractivity contribution is 9.10. The third kappa shape index (κ3) is 2.80. The van der Waals surface area contributed by atoms with Gasteiger partial charge in [-0.25, -0.2) is 4.79 Å². The molecule has 5 heteroatoms. The number of aromatic carboxylic acids is 1. The molecule has 0 radical (unpaired) electrons. The van der Waals surface area contributed by atoms with Crippen LogP contribution in [0.4, 0.5) is 0 Å². The number of rotatable bonds is 3. The Bertz CT molecular complexity index is 961. The maximum atomic E-state index is 12.8. The summed E-state index contributed by atoms with van der Waals surface area (Å²) in [5.41, 5.74) is 1.39. The Morgan fingerprint density at radius 3 is 2.48 bits per heavy atom. The number of benzene rings is 2. The zero-order valence-corrected chi connectivity index (χ0v) is 14.0. The Morgan fingerprint density at radius 1 is 1.13 bits per heavy atom. The van der Waals surface area contributed by atoms with E-state index in [1.807, 2.05) is 30.3 Å². The normalized spacial score (nSPS) is 10.9. The molecule has 0 aliphatic rings. The molecule has 0 aliphatic carbocycles. The fourth-order valence-electron chi connectivity index (χ4n) is 2.76. The summed E-state index contributed by atoms with van der Waals surface area (Å²) in [7, 11) is 0. The average molecular weight is 372 g/mol. The molecule has 0 unspecified atom stereocenters. The number of nitrogens with zero attached hydrogens (tertiary/aromatic N) is 1. The molecular formula is C18H14BrNO3. The fourth-order valence-corrected chi connectivity index (χ4v) is 3.12. The molecule has 3 aromatic rings. The van der Waals surface area contributed by atoms with Gasteiger partial charge in [0.25, 0.3) is 5.56 Å². The van der Waals surface area contributed by atoms with Crippen molar-refractivity contribution in [1.29, 1.82) is 0 Å². The van der Waals surface area contributed by atoms with Crippen LogP contribution in [0, 0.1) is 6.92 Å².